The van der Waals surface area contributed by atoms with Crippen LogP contribution in [0.4, 0.5) is 18.9 Å². The van der Waals surface area contributed by atoms with Gasteiger partial charge in [0.15, 0.2) is 6.61 Å². The number of nitrogens with zero attached hydrogens (tertiary/aromatic N) is 2. The molecule has 0 saturated carbocycles. The van der Waals surface area contributed by atoms with Gasteiger partial charge in [-0.2, -0.15) is 18.3 Å². The number of carbonyl (C=O) groups excluding carboxylic acids is 2. The van der Waals surface area contributed by atoms with E-state index >= 15 is 0 Å². The summed E-state index contributed by atoms with van der Waals surface area (Å²) in [4.78, 5) is 24.1. The molecule has 2 rings (SSSR count). The Morgan fingerprint density at radius 1 is 1.25 bits per heavy atom. The fourth-order valence-corrected chi connectivity index (χ4v) is 2.72. The first-order chi connectivity index (χ1) is 13.0. The van der Waals surface area contributed by atoms with Crippen LogP contribution in [0, 0.1) is 12.8 Å². The third kappa shape index (κ3) is 5.48. The van der Waals surface area contributed by atoms with Crippen molar-refractivity contribution in [1.82, 2.24) is 9.78 Å². The Balaban J connectivity index is 1.96. The maximum Gasteiger partial charge on any atom is 0.416 e. The lowest BCUT2D eigenvalue weighted by Crippen LogP contribution is -2.21. The summed E-state index contributed by atoms with van der Waals surface area (Å²) in [6.45, 7) is 5.43. The highest BCUT2D eigenvalue weighted by Crippen LogP contribution is 2.29. The molecule has 0 aliphatic rings. The van der Waals surface area contributed by atoms with E-state index < -0.39 is 30.2 Å². The summed E-state index contributed by atoms with van der Waals surface area (Å²) >= 11 is 6.17. The van der Waals surface area contributed by atoms with Gasteiger partial charge in [-0.3, -0.25) is 9.48 Å². The largest absolute Gasteiger partial charge is 0.452 e. The van der Waals surface area contributed by atoms with E-state index in [1.54, 1.807) is 6.92 Å². The molecule has 0 unspecified atom stereocenters. The fourth-order valence-electron chi connectivity index (χ4n) is 2.39. The molecule has 0 atom stereocenters. The van der Waals surface area contributed by atoms with Crippen LogP contribution in [0.5, 0.6) is 0 Å². The highest BCUT2D eigenvalue weighted by atomic mass is 35.5. The molecular formula is C18H19ClF3N3O3. The van der Waals surface area contributed by atoms with Gasteiger partial charge in [0.25, 0.3) is 5.91 Å². The molecule has 0 saturated heterocycles. The molecule has 28 heavy (non-hydrogen) atoms. The third-order valence-electron chi connectivity index (χ3n) is 3.64. The molecule has 0 spiro atoms. The van der Waals surface area contributed by atoms with Crippen LogP contribution in [-0.4, -0.2) is 28.3 Å². The first-order valence-electron chi connectivity index (χ1n) is 8.36. The molecule has 1 heterocycles. The van der Waals surface area contributed by atoms with E-state index in [-0.39, 0.29) is 22.3 Å². The van der Waals surface area contributed by atoms with E-state index in [1.165, 1.54) is 4.68 Å². The summed E-state index contributed by atoms with van der Waals surface area (Å²) in [5.41, 5.74) is -0.239. The number of rotatable bonds is 6. The second-order valence-corrected chi connectivity index (χ2v) is 6.88. The molecule has 10 heteroatoms. The zero-order chi connectivity index (χ0) is 21.1. The lowest BCUT2D eigenvalue weighted by Gasteiger charge is -2.09. The molecule has 0 fully saturated rings. The molecule has 1 aromatic heterocycles. The van der Waals surface area contributed by atoms with Crippen molar-refractivity contribution < 1.29 is 27.5 Å². The van der Waals surface area contributed by atoms with Crippen LogP contribution in [0.3, 0.4) is 0 Å². The van der Waals surface area contributed by atoms with Crippen molar-refractivity contribution >= 4 is 29.2 Å². The lowest BCUT2D eigenvalue weighted by atomic mass is 10.2. The van der Waals surface area contributed by atoms with Gasteiger partial charge in [-0.25, -0.2) is 4.79 Å². The molecule has 0 aliphatic heterocycles. The average molecular weight is 418 g/mol. The number of esters is 1. The smallest absolute Gasteiger partial charge is 0.416 e. The summed E-state index contributed by atoms with van der Waals surface area (Å²) in [5, 5.41) is 6.66. The van der Waals surface area contributed by atoms with Crippen molar-refractivity contribution in [3.8, 4) is 0 Å². The number of amides is 1. The number of anilines is 1. The Morgan fingerprint density at radius 3 is 2.39 bits per heavy atom. The van der Waals surface area contributed by atoms with Gasteiger partial charge < -0.3 is 10.1 Å². The van der Waals surface area contributed by atoms with E-state index in [0.29, 0.717) is 12.2 Å². The Kier molecular flexibility index (Phi) is 6.71. The summed E-state index contributed by atoms with van der Waals surface area (Å²) in [5.74, 6) is -1.24. The first-order valence-corrected chi connectivity index (χ1v) is 8.74. The van der Waals surface area contributed by atoms with Crippen LogP contribution < -0.4 is 5.32 Å². The average Bonchev–Trinajstić information content (AvgIpc) is 2.85. The van der Waals surface area contributed by atoms with Crippen LogP contribution in [0.25, 0.3) is 0 Å². The van der Waals surface area contributed by atoms with Gasteiger partial charge in [-0.05, 0) is 37.1 Å². The minimum absolute atomic E-state index is 0.0737. The number of ether oxygens (including phenoxy) is 1. The topological polar surface area (TPSA) is 73.2 Å². The molecule has 1 aromatic carbocycles. The number of halogens is 4. The van der Waals surface area contributed by atoms with Gasteiger partial charge in [0.05, 0.1) is 11.3 Å². The molecular weight excluding hydrogens is 399 g/mol. The molecule has 1 amide bonds. The zero-order valence-electron chi connectivity index (χ0n) is 15.4. The molecule has 6 nitrogen and oxygen atoms in total. The number of benzene rings is 1. The van der Waals surface area contributed by atoms with E-state index in [0.717, 1.165) is 24.3 Å². The van der Waals surface area contributed by atoms with Gasteiger partial charge in [0.1, 0.15) is 10.7 Å². The molecule has 0 radical (unpaired) electrons. The normalized spacial score (nSPS) is 11.6. The Bertz CT molecular complexity index is 861. The minimum atomic E-state index is -4.46. The monoisotopic (exact) mass is 417 g/mol. The SMILES string of the molecule is Cc1nn(CC(C)C)c(Cl)c1C(=O)OCC(=O)Nc1ccc(C(F)(F)F)cc1. The predicted molar refractivity (Wildman–Crippen MR) is 97.2 cm³/mol. The van der Waals surface area contributed by atoms with E-state index in [2.05, 4.69) is 10.4 Å². The van der Waals surface area contributed by atoms with Crippen molar-refractivity contribution in [2.75, 3.05) is 11.9 Å². The Morgan fingerprint density at radius 2 is 1.86 bits per heavy atom. The van der Waals surface area contributed by atoms with Crippen molar-refractivity contribution in [3.63, 3.8) is 0 Å². The summed E-state index contributed by atoms with van der Waals surface area (Å²) in [6, 6.07) is 3.90. The van der Waals surface area contributed by atoms with Gasteiger partial charge in [0.2, 0.25) is 0 Å². The number of aryl methyl sites for hydroxylation is 1. The number of hydrogen-bond acceptors (Lipinski definition) is 4. The van der Waals surface area contributed by atoms with Crippen molar-refractivity contribution in [1.29, 1.82) is 0 Å². The maximum atomic E-state index is 12.5. The van der Waals surface area contributed by atoms with Crippen molar-refractivity contribution in [2.24, 2.45) is 5.92 Å². The third-order valence-corrected chi connectivity index (χ3v) is 4.02. The summed E-state index contributed by atoms with van der Waals surface area (Å²) in [6.07, 6.45) is -4.46. The quantitative estimate of drug-likeness (QED) is 0.710. The van der Waals surface area contributed by atoms with Crippen LogP contribution in [0.2, 0.25) is 5.15 Å². The van der Waals surface area contributed by atoms with Gasteiger partial charge >= 0.3 is 12.1 Å². The number of nitrogens with one attached hydrogen (secondary N) is 1. The van der Waals surface area contributed by atoms with Crippen LogP contribution >= 0.6 is 11.6 Å². The Labute approximate surface area is 164 Å². The second kappa shape index (κ2) is 8.64. The highest BCUT2D eigenvalue weighted by Gasteiger charge is 2.30. The number of hydrogen-bond donors (Lipinski definition) is 1. The van der Waals surface area contributed by atoms with Gasteiger partial charge in [-0.15, -0.1) is 0 Å². The van der Waals surface area contributed by atoms with Gasteiger partial charge in [0, 0.05) is 12.2 Å². The molecule has 152 valence electrons. The molecule has 0 bridgehead atoms. The zero-order valence-corrected chi connectivity index (χ0v) is 16.2. The highest BCUT2D eigenvalue weighted by molar-refractivity contribution is 6.32. The maximum absolute atomic E-state index is 12.5. The fraction of sp³-hybridized carbons (Fsp3) is 0.389. The van der Waals surface area contributed by atoms with Crippen LogP contribution in [-0.2, 0) is 22.3 Å². The summed E-state index contributed by atoms with van der Waals surface area (Å²) in [7, 11) is 0. The van der Waals surface area contributed by atoms with Gasteiger partial charge in [-0.1, -0.05) is 25.4 Å². The standard InChI is InChI=1S/C18H19ClF3N3O3/c1-10(2)8-25-16(19)15(11(3)24-25)17(27)28-9-14(26)23-13-6-4-12(5-7-13)18(20,21)22/h4-7,10H,8-9H2,1-3H3,(H,23,26). The molecule has 2 aromatic rings. The van der Waals surface area contributed by atoms with Crippen LogP contribution in [0.1, 0.15) is 35.5 Å². The molecule has 1 N–H and O–H groups in total. The van der Waals surface area contributed by atoms with Crippen LogP contribution in [0.15, 0.2) is 24.3 Å². The van der Waals surface area contributed by atoms with E-state index in [1.807, 2.05) is 13.8 Å². The second-order valence-electron chi connectivity index (χ2n) is 6.53. The first kappa shape index (κ1) is 21.7. The number of alkyl halides is 3. The number of carbonyl (C=O) groups is 2. The van der Waals surface area contributed by atoms with E-state index in [9.17, 15) is 22.8 Å². The van der Waals surface area contributed by atoms with Crippen molar-refractivity contribution in [2.45, 2.75) is 33.5 Å². The number of aromatic nitrogens is 2. The lowest BCUT2D eigenvalue weighted by molar-refractivity contribution is -0.137. The predicted octanol–water partition coefficient (Wildman–Crippen LogP) is 4.32. The van der Waals surface area contributed by atoms with Crippen molar-refractivity contribution in [3.05, 3.63) is 46.2 Å². The minimum Gasteiger partial charge on any atom is -0.452 e. The Hall–Kier alpha value is -2.55. The molecule has 0 aliphatic carbocycles. The van der Waals surface area contributed by atoms with E-state index in [4.69, 9.17) is 16.3 Å². The summed E-state index contributed by atoms with van der Waals surface area (Å²) < 4.78 is 44.0.